The smallest absolute Gasteiger partial charge is 0.319 e. The number of nitrogens with one attached hydrogen (secondary N) is 2. The van der Waals surface area contributed by atoms with Gasteiger partial charge in [0.25, 0.3) is 0 Å². The predicted molar refractivity (Wildman–Crippen MR) is 96.0 cm³/mol. The van der Waals surface area contributed by atoms with E-state index in [1.165, 1.54) is 11.3 Å². The van der Waals surface area contributed by atoms with Crippen molar-refractivity contribution >= 4 is 23.1 Å². The highest BCUT2D eigenvalue weighted by Gasteiger charge is 2.14. The molecule has 0 fully saturated rings. The summed E-state index contributed by atoms with van der Waals surface area (Å²) in [6, 6.07) is 12.5. The normalized spacial score (nSPS) is 11.7. The number of pyridine rings is 1. The van der Waals surface area contributed by atoms with E-state index in [4.69, 9.17) is 0 Å². The van der Waals surface area contributed by atoms with E-state index in [-0.39, 0.29) is 12.6 Å². The molecule has 3 aromatic rings. The number of carbonyl (C=O) groups excluding carboxylic acids is 1. The predicted octanol–water partition coefficient (Wildman–Crippen LogP) is 3.67. The van der Waals surface area contributed by atoms with Gasteiger partial charge in [0.05, 0.1) is 12.6 Å². The van der Waals surface area contributed by atoms with Crippen molar-refractivity contribution < 1.29 is 9.90 Å². The van der Waals surface area contributed by atoms with Crippen molar-refractivity contribution in [3.05, 3.63) is 71.2 Å². The second kappa shape index (κ2) is 7.72. The van der Waals surface area contributed by atoms with Crippen LogP contribution in [-0.4, -0.2) is 22.7 Å². The third-order valence-electron chi connectivity index (χ3n) is 3.59. The van der Waals surface area contributed by atoms with Crippen LogP contribution in [0.2, 0.25) is 0 Å². The lowest BCUT2D eigenvalue weighted by Gasteiger charge is -2.16. The Hall–Kier alpha value is -2.70. The number of benzene rings is 1. The fourth-order valence-corrected chi connectivity index (χ4v) is 3.04. The van der Waals surface area contributed by atoms with Gasteiger partial charge >= 0.3 is 6.03 Å². The summed E-state index contributed by atoms with van der Waals surface area (Å²) in [5.41, 5.74) is 3.70. The summed E-state index contributed by atoms with van der Waals surface area (Å²) in [4.78, 5) is 16.1. The number of rotatable bonds is 5. The van der Waals surface area contributed by atoms with E-state index >= 15 is 0 Å². The molecule has 3 rings (SSSR count). The summed E-state index contributed by atoms with van der Waals surface area (Å²) in [5.74, 6) is 0. The lowest BCUT2D eigenvalue weighted by atomic mass is 10.1. The third kappa shape index (κ3) is 3.98. The average molecular weight is 339 g/mol. The maximum atomic E-state index is 12.1. The molecule has 0 radical (unpaired) electrons. The molecular formula is C18H17N3O2S. The van der Waals surface area contributed by atoms with Gasteiger partial charge in [-0.2, -0.15) is 11.3 Å². The minimum Gasteiger partial charge on any atom is -0.394 e. The summed E-state index contributed by atoms with van der Waals surface area (Å²) in [6.45, 7) is -0.148. The standard InChI is InChI=1S/C18H17N3O2S/c22-11-17(15-7-10-24-12-15)21-18(23)20-16-3-1-13(2-4-16)14-5-8-19-9-6-14/h1-10,12,17,22H,11H2,(H2,20,21,23)/t17-/m1/s1. The third-order valence-corrected chi connectivity index (χ3v) is 4.29. The second-order valence-corrected chi connectivity index (χ2v) is 5.98. The first-order valence-electron chi connectivity index (χ1n) is 7.47. The van der Waals surface area contributed by atoms with Gasteiger partial charge in [0.1, 0.15) is 0 Å². The van der Waals surface area contributed by atoms with E-state index in [1.807, 2.05) is 53.2 Å². The second-order valence-electron chi connectivity index (χ2n) is 5.20. The fourth-order valence-electron chi connectivity index (χ4n) is 2.32. The van der Waals surface area contributed by atoms with Gasteiger partial charge in [0, 0.05) is 18.1 Å². The Morgan fingerprint density at radius 2 is 1.79 bits per heavy atom. The molecule has 24 heavy (non-hydrogen) atoms. The van der Waals surface area contributed by atoms with Crippen LogP contribution in [0.5, 0.6) is 0 Å². The monoisotopic (exact) mass is 339 g/mol. The van der Waals surface area contributed by atoms with Crippen LogP contribution >= 0.6 is 11.3 Å². The van der Waals surface area contributed by atoms with E-state index in [0.29, 0.717) is 5.69 Å². The molecule has 2 amide bonds. The Kier molecular flexibility index (Phi) is 5.20. The van der Waals surface area contributed by atoms with Gasteiger partial charge in [-0.15, -0.1) is 0 Å². The number of aliphatic hydroxyl groups excluding tert-OH is 1. The van der Waals surface area contributed by atoms with Crippen LogP contribution in [0.1, 0.15) is 11.6 Å². The number of nitrogens with zero attached hydrogens (tertiary/aromatic N) is 1. The van der Waals surface area contributed by atoms with E-state index in [0.717, 1.165) is 16.7 Å². The largest absolute Gasteiger partial charge is 0.394 e. The molecule has 122 valence electrons. The number of hydrogen-bond donors (Lipinski definition) is 3. The number of amides is 2. The van der Waals surface area contributed by atoms with Gasteiger partial charge in [-0.25, -0.2) is 4.79 Å². The Labute approximate surface area is 144 Å². The van der Waals surface area contributed by atoms with E-state index in [2.05, 4.69) is 15.6 Å². The zero-order chi connectivity index (χ0) is 16.8. The molecule has 0 saturated carbocycles. The average Bonchev–Trinajstić information content (AvgIpc) is 3.15. The Bertz CT molecular complexity index is 774. The molecular weight excluding hydrogens is 322 g/mol. The first kappa shape index (κ1) is 16.2. The molecule has 0 aliphatic rings. The van der Waals surface area contributed by atoms with Crippen molar-refractivity contribution in [3.8, 4) is 11.1 Å². The molecule has 0 unspecified atom stereocenters. The zero-order valence-corrected chi connectivity index (χ0v) is 13.7. The molecule has 3 N–H and O–H groups in total. The fraction of sp³-hybridized carbons (Fsp3) is 0.111. The number of aliphatic hydroxyl groups is 1. The van der Waals surface area contributed by atoms with Gasteiger partial charge in [0.2, 0.25) is 0 Å². The summed E-state index contributed by atoms with van der Waals surface area (Å²) >= 11 is 1.53. The van der Waals surface area contributed by atoms with Crippen molar-refractivity contribution in [2.45, 2.75) is 6.04 Å². The molecule has 0 spiro atoms. The SMILES string of the molecule is O=C(Nc1ccc(-c2ccncc2)cc1)N[C@H](CO)c1ccsc1. The van der Waals surface area contributed by atoms with Crippen LogP contribution in [0.3, 0.4) is 0 Å². The van der Waals surface area contributed by atoms with Crippen LogP contribution in [0, 0.1) is 0 Å². The van der Waals surface area contributed by atoms with Crippen molar-refractivity contribution in [1.82, 2.24) is 10.3 Å². The van der Waals surface area contributed by atoms with Crippen molar-refractivity contribution in [2.24, 2.45) is 0 Å². The lowest BCUT2D eigenvalue weighted by molar-refractivity contribution is 0.225. The van der Waals surface area contributed by atoms with Crippen LogP contribution in [-0.2, 0) is 0 Å². The number of hydrogen-bond acceptors (Lipinski definition) is 4. The highest BCUT2D eigenvalue weighted by Crippen LogP contribution is 2.21. The lowest BCUT2D eigenvalue weighted by Crippen LogP contribution is -2.34. The first-order chi connectivity index (χ1) is 11.8. The van der Waals surface area contributed by atoms with Crippen LogP contribution in [0.25, 0.3) is 11.1 Å². The molecule has 0 aliphatic carbocycles. The zero-order valence-electron chi connectivity index (χ0n) is 12.8. The molecule has 1 aromatic carbocycles. The number of carbonyl (C=O) groups is 1. The molecule has 6 heteroatoms. The molecule has 0 bridgehead atoms. The van der Waals surface area contributed by atoms with Crippen LogP contribution in [0.4, 0.5) is 10.5 Å². The highest BCUT2D eigenvalue weighted by atomic mass is 32.1. The Morgan fingerprint density at radius 1 is 1.08 bits per heavy atom. The van der Waals surface area contributed by atoms with Gasteiger partial charge in [-0.1, -0.05) is 12.1 Å². The van der Waals surface area contributed by atoms with Crippen molar-refractivity contribution in [2.75, 3.05) is 11.9 Å². The molecule has 0 saturated heterocycles. The van der Waals surface area contributed by atoms with Gasteiger partial charge in [0.15, 0.2) is 0 Å². The van der Waals surface area contributed by atoms with Crippen molar-refractivity contribution in [3.63, 3.8) is 0 Å². The minimum absolute atomic E-state index is 0.148. The number of thiophene rings is 1. The van der Waals surface area contributed by atoms with E-state index in [1.54, 1.807) is 12.4 Å². The van der Waals surface area contributed by atoms with Gasteiger partial charge < -0.3 is 15.7 Å². The molecule has 2 aromatic heterocycles. The Balaban J connectivity index is 1.62. The summed E-state index contributed by atoms with van der Waals surface area (Å²) < 4.78 is 0. The van der Waals surface area contributed by atoms with Gasteiger partial charge in [-0.05, 0) is 57.8 Å². The topological polar surface area (TPSA) is 74.2 Å². The van der Waals surface area contributed by atoms with E-state index < -0.39 is 6.04 Å². The summed E-state index contributed by atoms with van der Waals surface area (Å²) in [6.07, 6.45) is 3.49. The Morgan fingerprint density at radius 3 is 2.42 bits per heavy atom. The summed E-state index contributed by atoms with van der Waals surface area (Å²) in [5, 5.41) is 18.8. The maximum Gasteiger partial charge on any atom is 0.319 e. The number of aromatic nitrogens is 1. The number of urea groups is 1. The highest BCUT2D eigenvalue weighted by molar-refractivity contribution is 7.08. The number of anilines is 1. The van der Waals surface area contributed by atoms with Crippen LogP contribution in [0.15, 0.2) is 65.6 Å². The van der Waals surface area contributed by atoms with Gasteiger partial charge in [-0.3, -0.25) is 4.98 Å². The quantitative estimate of drug-likeness (QED) is 0.664. The van der Waals surface area contributed by atoms with Crippen LogP contribution < -0.4 is 10.6 Å². The summed E-state index contributed by atoms with van der Waals surface area (Å²) in [7, 11) is 0. The van der Waals surface area contributed by atoms with E-state index in [9.17, 15) is 9.90 Å². The first-order valence-corrected chi connectivity index (χ1v) is 8.41. The molecule has 2 heterocycles. The molecule has 0 aliphatic heterocycles. The molecule has 5 nitrogen and oxygen atoms in total. The molecule has 1 atom stereocenters. The van der Waals surface area contributed by atoms with Crippen molar-refractivity contribution in [1.29, 1.82) is 0 Å². The minimum atomic E-state index is -0.410. The maximum absolute atomic E-state index is 12.1.